The molecule has 1 aromatic carbocycles. The summed E-state index contributed by atoms with van der Waals surface area (Å²) in [6.45, 7) is 5.99. The molecule has 0 saturated heterocycles. The average molecular weight is 267 g/mol. The number of hydrogen-bond acceptors (Lipinski definition) is 3. The number of hydrogen-bond donors (Lipinski definition) is 1. The molecule has 0 amide bonds. The molecule has 100 valence electrons. The number of benzene rings is 1. The fourth-order valence-corrected chi connectivity index (χ4v) is 4.83. The van der Waals surface area contributed by atoms with Gasteiger partial charge in [0, 0.05) is 6.04 Å². The van der Waals surface area contributed by atoms with Gasteiger partial charge in [-0.05, 0) is 42.9 Å². The van der Waals surface area contributed by atoms with E-state index in [1.54, 1.807) is 18.2 Å². The van der Waals surface area contributed by atoms with E-state index in [1.165, 1.54) is 0 Å². The number of nitrogens with two attached hydrogens (primary N) is 1. The maximum atomic E-state index is 12.6. The van der Waals surface area contributed by atoms with Crippen LogP contribution in [-0.2, 0) is 9.84 Å². The van der Waals surface area contributed by atoms with E-state index in [0.29, 0.717) is 11.3 Å². The van der Waals surface area contributed by atoms with Crippen LogP contribution in [0, 0.1) is 12.3 Å². The first kappa shape index (κ1) is 13.6. The molecule has 2 atom stereocenters. The molecule has 0 heterocycles. The van der Waals surface area contributed by atoms with Gasteiger partial charge < -0.3 is 5.73 Å². The van der Waals surface area contributed by atoms with E-state index in [1.807, 2.05) is 26.8 Å². The Morgan fingerprint density at radius 1 is 1.33 bits per heavy atom. The number of sulfone groups is 1. The molecule has 1 fully saturated rings. The molecular formula is C14H21NO2S. The normalized spacial score (nSPS) is 27.3. The molecule has 0 aliphatic heterocycles. The van der Waals surface area contributed by atoms with Crippen LogP contribution in [0.1, 0.15) is 32.3 Å². The minimum atomic E-state index is -3.31. The molecule has 1 saturated carbocycles. The Labute approximate surface area is 109 Å². The van der Waals surface area contributed by atoms with Crippen molar-refractivity contribution in [1.82, 2.24) is 0 Å². The molecule has 1 aliphatic carbocycles. The van der Waals surface area contributed by atoms with Crippen LogP contribution in [0.3, 0.4) is 0 Å². The first-order valence-corrected chi connectivity index (χ1v) is 7.86. The molecule has 18 heavy (non-hydrogen) atoms. The number of aryl methyl sites for hydroxylation is 1. The summed E-state index contributed by atoms with van der Waals surface area (Å²) in [4.78, 5) is 0.403. The molecule has 0 spiro atoms. The molecule has 0 bridgehead atoms. The van der Waals surface area contributed by atoms with E-state index in [-0.39, 0.29) is 11.5 Å². The highest BCUT2D eigenvalue weighted by atomic mass is 32.2. The summed E-state index contributed by atoms with van der Waals surface area (Å²) in [6, 6.07) is 6.79. The maximum Gasteiger partial charge on any atom is 0.182 e. The summed E-state index contributed by atoms with van der Waals surface area (Å²) in [5.41, 5.74) is 7.00. The maximum absolute atomic E-state index is 12.6. The van der Waals surface area contributed by atoms with E-state index >= 15 is 0 Å². The van der Waals surface area contributed by atoms with Gasteiger partial charge in [-0.3, -0.25) is 0 Å². The van der Waals surface area contributed by atoms with Crippen LogP contribution in [0.25, 0.3) is 0 Å². The highest BCUT2D eigenvalue weighted by Gasteiger charge is 2.46. The van der Waals surface area contributed by atoms with Gasteiger partial charge in [-0.2, -0.15) is 0 Å². The molecule has 2 N–H and O–H groups in total. The fraction of sp³-hybridized carbons (Fsp3) is 0.571. The van der Waals surface area contributed by atoms with Gasteiger partial charge >= 0.3 is 0 Å². The van der Waals surface area contributed by atoms with Crippen molar-refractivity contribution in [2.24, 2.45) is 11.1 Å². The van der Waals surface area contributed by atoms with Crippen LogP contribution >= 0.6 is 0 Å². The minimum Gasteiger partial charge on any atom is -0.326 e. The highest BCUT2D eigenvalue weighted by Crippen LogP contribution is 2.41. The summed E-state index contributed by atoms with van der Waals surface area (Å²) in [5, 5.41) is -0.450. The zero-order valence-electron chi connectivity index (χ0n) is 11.2. The van der Waals surface area contributed by atoms with Gasteiger partial charge in [0.2, 0.25) is 0 Å². The lowest BCUT2D eigenvalue weighted by molar-refractivity contribution is 0.332. The van der Waals surface area contributed by atoms with Gasteiger partial charge in [0.15, 0.2) is 9.84 Å². The largest absolute Gasteiger partial charge is 0.326 e. The van der Waals surface area contributed by atoms with Crippen molar-refractivity contribution in [3.8, 4) is 0 Å². The Morgan fingerprint density at radius 2 is 2.00 bits per heavy atom. The fourth-order valence-electron chi connectivity index (χ4n) is 2.68. The van der Waals surface area contributed by atoms with Gasteiger partial charge in [0.25, 0.3) is 0 Å². The smallest absolute Gasteiger partial charge is 0.182 e. The Kier molecular flexibility index (Phi) is 3.28. The van der Waals surface area contributed by atoms with Crippen LogP contribution in [0.15, 0.2) is 29.2 Å². The van der Waals surface area contributed by atoms with Crippen LogP contribution in [0.2, 0.25) is 0 Å². The van der Waals surface area contributed by atoms with Crippen molar-refractivity contribution in [2.45, 2.75) is 49.8 Å². The summed E-state index contributed by atoms with van der Waals surface area (Å²) in [5.74, 6) is 0. The zero-order chi connectivity index (χ0) is 13.6. The van der Waals surface area contributed by atoms with E-state index in [2.05, 4.69) is 0 Å². The lowest BCUT2D eigenvalue weighted by Gasteiger charge is -2.26. The third-order valence-corrected chi connectivity index (χ3v) is 6.33. The average Bonchev–Trinajstić information content (AvgIpc) is 2.54. The van der Waals surface area contributed by atoms with Crippen LogP contribution < -0.4 is 5.73 Å². The molecule has 2 unspecified atom stereocenters. The van der Waals surface area contributed by atoms with Crippen molar-refractivity contribution in [1.29, 1.82) is 0 Å². The summed E-state index contributed by atoms with van der Waals surface area (Å²) in [6.07, 6.45) is 1.52. The van der Waals surface area contributed by atoms with Gasteiger partial charge in [0.05, 0.1) is 10.1 Å². The van der Waals surface area contributed by atoms with E-state index < -0.39 is 15.1 Å². The third-order valence-electron chi connectivity index (χ3n) is 4.09. The van der Waals surface area contributed by atoms with Gasteiger partial charge in [-0.25, -0.2) is 8.42 Å². The predicted octanol–water partition coefficient (Wildman–Crippen LogP) is 2.28. The van der Waals surface area contributed by atoms with Crippen molar-refractivity contribution in [3.05, 3.63) is 29.8 Å². The first-order valence-electron chi connectivity index (χ1n) is 6.31. The molecule has 0 aromatic heterocycles. The lowest BCUT2D eigenvalue weighted by atomic mass is 9.88. The summed E-state index contributed by atoms with van der Waals surface area (Å²) in [7, 11) is -3.31. The molecule has 2 rings (SSSR count). The molecular weight excluding hydrogens is 246 g/mol. The quantitative estimate of drug-likeness (QED) is 0.894. The first-order chi connectivity index (χ1) is 8.25. The predicted molar refractivity (Wildman–Crippen MR) is 73.1 cm³/mol. The van der Waals surface area contributed by atoms with Crippen molar-refractivity contribution < 1.29 is 8.42 Å². The molecule has 1 aromatic rings. The van der Waals surface area contributed by atoms with Crippen LogP contribution in [0.5, 0.6) is 0 Å². The van der Waals surface area contributed by atoms with Crippen molar-refractivity contribution in [3.63, 3.8) is 0 Å². The van der Waals surface area contributed by atoms with Crippen LogP contribution in [0.4, 0.5) is 0 Å². The van der Waals surface area contributed by atoms with E-state index in [9.17, 15) is 8.42 Å². The second kappa shape index (κ2) is 4.35. The molecule has 1 aliphatic rings. The highest BCUT2D eigenvalue weighted by molar-refractivity contribution is 7.92. The van der Waals surface area contributed by atoms with E-state index in [4.69, 9.17) is 5.73 Å². The topological polar surface area (TPSA) is 60.2 Å². The molecule has 0 radical (unpaired) electrons. The Hall–Kier alpha value is -0.870. The molecule has 4 heteroatoms. The zero-order valence-corrected chi connectivity index (χ0v) is 12.0. The minimum absolute atomic E-state index is 0.0957. The standard InChI is InChI=1S/C14H21NO2S/c1-10-5-4-6-11(9-10)18(16,17)12-7-8-14(2,3)13(12)15/h4-6,9,12-13H,7-8,15H2,1-3H3. The molecule has 3 nitrogen and oxygen atoms in total. The summed E-state index contributed by atoms with van der Waals surface area (Å²) >= 11 is 0. The number of rotatable bonds is 2. The van der Waals surface area contributed by atoms with Gasteiger partial charge in [-0.1, -0.05) is 26.0 Å². The van der Waals surface area contributed by atoms with Crippen LogP contribution in [-0.4, -0.2) is 19.7 Å². The Morgan fingerprint density at radius 3 is 2.50 bits per heavy atom. The van der Waals surface area contributed by atoms with Crippen molar-refractivity contribution in [2.75, 3.05) is 0 Å². The Bertz CT molecular complexity index is 549. The second-order valence-corrected chi connectivity index (χ2v) is 8.12. The Balaban J connectivity index is 2.39. The van der Waals surface area contributed by atoms with Crippen molar-refractivity contribution >= 4 is 9.84 Å². The SMILES string of the molecule is Cc1cccc(S(=O)(=O)C2CCC(C)(C)C2N)c1. The second-order valence-electron chi connectivity index (χ2n) is 5.95. The monoisotopic (exact) mass is 267 g/mol. The lowest BCUT2D eigenvalue weighted by Crippen LogP contribution is -2.43. The third kappa shape index (κ3) is 2.19. The van der Waals surface area contributed by atoms with Gasteiger partial charge in [0.1, 0.15) is 0 Å². The summed E-state index contributed by atoms with van der Waals surface area (Å²) < 4.78 is 25.2. The van der Waals surface area contributed by atoms with E-state index in [0.717, 1.165) is 12.0 Å². The van der Waals surface area contributed by atoms with Gasteiger partial charge in [-0.15, -0.1) is 0 Å².